The fraction of sp³-hybridized carbons (Fsp3) is 0.593. The molecule has 1 saturated carbocycles. The van der Waals surface area contributed by atoms with Crippen molar-refractivity contribution in [2.75, 3.05) is 28.5 Å². The molecule has 8 nitrogen and oxygen atoms in total. The van der Waals surface area contributed by atoms with Gasteiger partial charge in [0, 0.05) is 44.4 Å². The van der Waals surface area contributed by atoms with Gasteiger partial charge in [-0.15, -0.1) is 0 Å². The Bertz CT molecular complexity index is 1210. The van der Waals surface area contributed by atoms with Gasteiger partial charge in [-0.05, 0) is 61.6 Å². The predicted octanol–water partition coefficient (Wildman–Crippen LogP) is 5.56. The number of aromatic nitrogens is 2. The van der Waals surface area contributed by atoms with Crippen LogP contribution in [0.25, 0.3) is 0 Å². The molecule has 1 aliphatic carbocycles. The topological polar surface area (TPSA) is 96.8 Å². The molecular weight excluding hydrogens is 512 g/mol. The van der Waals surface area contributed by atoms with Gasteiger partial charge < -0.3 is 9.74 Å². The molecule has 1 saturated heterocycles. The molecule has 4 rings (SSSR count). The van der Waals surface area contributed by atoms with Crippen molar-refractivity contribution >= 4 is 27.4 Å². The number of nitrogens with zero attached hydrogens (tertiary/aromatic N) is 4. The van der Waals surface area contributed by atoms with Gasteiger partial charge in [0.1, 0.15) is 17.7 Å². The first-order valence-corrected chi connectivity index (χ1v) is 15.2. The maximum Gasteiger partial charge on any atom is 0.232 e. The second kappa shape index (κ2) is 12.8. The van der Waals surface area contributed by atoms with Crippen molar-refractivity contribution in [3.63, 3.8) is 0 Å². The molecule has 2 heterocycles. The van der Waals surface area contributed by atoms with E-state index in [-0.39, 0.29) is 29.0 Å². The van der Waals surface area contributed by atoms with Gasteiger partial charge in [-0.2, -0.15) is 0 Å². The van der Waals surface area contributed by atoms with E-state index in [4.69, 9.17) is 4.84 Å². The Labute approximate surface area is 223 Å². The molecule has 2 fully saturated rings. The van der Waals surface area contributed by atoms with Crippen molar-refractivity contribution < 1.29 is 22.0 Å². The quantitative estimate of drug-likeness (QED) is 0.390. The molecule has 1 aliphatic heterocycles. The number of anilines is 2. The summed E-state index contributed by atoms with van der Waals surface area (Å²) in [5.74, 6) is -0.893. The first kappa shape index (κ1) is 28.2. The maximum absolute atomic E-state index is 14.9. The zero-order chi connectivity index (χ0) is 27.1. The van der Waals surface area contributed by atoms with Crippen LogP contribution in [-0.4, -0.2) is 49.0 Å². The van der Waals surface area contributed by atoms with Crippen LogP contribution in [0.15, 0.2) is 29.7 Å². The Hall–Kier alpha value is -2.82. The van der Waals surface area contributed by atoms with Crippen LogP contribution in [-0.2, 0) is 21.3 Å². The monoisotopic (exact) mass is 549 g/mol. The van der Waals surface area contributed by atoms with Gasteiger partial charge in [0.2, 0.25) is 16.0 Å². The molecule has 1 aromatic carbocycles. The molecule has 0 amide bonds. The Kier molecular flexibility index (Phi) is 9.51. The van der Waals surface area contributed by atoms with Crippen LogP contribution in [0.2, 0.25) is 0 Å². The Morgan fingerprint density at radius 1 is 1.05 bits per heavy atom. The molecule has 208 valence electrons. The molecule has 0 radical (unpaired) electrons. The van der Waals surface area contributed by atoms with Crippen molar-refractivity contribution in [1.29, 1.82) is 0 Å². The van der Waals surface area contributed by atoms with Crippen molar-refractivity contribution in [2.24, 2.45) is 5.16 Å². The van der Waals surface area contributed by atoms with E-state index in [9.17, 15) is 17.2 Å². The molecule has 1 N–H and O–H groups in total. The highest BCUT2D eigenvalue weighted by Gasteiger charge is 2.26. The van der Waals surface area contributed by atoms with Crippen molar-refractivity contribution in [2.45, 2.75) is 83.7 Å². The number of rotatable bonds is 10. The van der Waals surface area contributed by atoms with Crippen molar-refractivity contribution in [3.05, 3.63) is 47.3 Å². The highest BCUT2D eigenvalue weighted by atomic mass is 32.2. The third kappa shape index (κ3) is 7.39. The average Bonchev–Trinajstić information content (AvgIpc) is 2.93. The molecule has 1 aromatic heterocycles. The van der Waals surface area contributed by atoms with Crippen LogP contribution < -0.4 is 9.62 Å². The molecular formula is C27H37F2N5O3S. The fourth-order valence-corrected chi connectivity index (χ4v) is 6.13. The highest BCUT2D eigenvalue weighted by Crippen LogP contribution is 2.35. The van der Waals surface area contributed by atoms with Crippen LogP contribution in [0.4, 0.5) is 20.4 Å². The summed E-state index contributed by atoms with van der Waals surface area (Å²) >= 11 is 0. The number of hydrogen-bond donors (Lipinski definition) is 1. The zero-order valence-corrected chi connectivity index (χ0v) is 22.9. The van der Waals surface area contributed by atoms with Gasteiger partial charge in [-0.25, -0.2) is 27.2 Å². The Balaban J connectivity index is 1.26. The van der Waals surface area contributed by atoms with Gasteiger partial charge >= 0.3 is 0 Å². The zero-order valence-electron chi connectivity index (χ0n) is 22.1. The van der Waals surface area contributed by atoms with E-state index in [0.29, 0.717) is 38.5 Å². The molecule has 2 aromatic rings. The molecule has 11 heteroatoms. The summed E-state index contributed by atoms with van der Waals surface area (Å²) < 4.78 is 55.9. The minimum atomic E-state index is -3.71. The second-order valence-electron chi connectivity index (χ2n) is 10.1. The predicted molar refractivity (Wildman–Crippen MR) is 145 cm³/mol. The standard InChI is InChI=1S/C27H37F2N5O3S/c1-3-5-14-38(35,36)33-26-16-24(28)23(15-25(26)29)20-6-8-21(9-7-20)32-37-22-10-12-34(13-11-22)27-30-17-19(4-2)18-31-27/h15-18,20,22,33H,3-14H2,1-2H3. The first-order chi connectivity index (χ1) is 18.3. The number of sulfonamides is 1. The number of benzene rings is 1. The smallest absolute Gasteiger partial charge is 0.232 e. The van der Waals surface area contributed by atoms with E-state index in [0.717, 1.165) is 61.7 Å². The fourth-order valence-electron chi connectivity index (χ4n) is 4.86. The summed E-state index contributed by atoms with van der Waals surface area (Å²) in [4.78, 5) is 16.9. The summed E-state index contributed by atoms with van der Waals surface area (Å²) in [5.41, 5.74) is 1.99. The number of oxime groups is 1. The van der Waals surface area contributed by atoms with Gasteiger partial charge in [0.25, 0.3) is 0 Å². The van der Waals surface area contributed by atoms with Gasteiger partial charge in [0.05, 0.1) is 17.2 Å². The summed E-state index contributed by atoms with van der Waals surface area (Å²) in [6, 6.07) is 2.08. The number of aryl methyl sites for hydroxylation is 1. The molecule has 2 aliphatic rings. The van der Waals surface area contributed by atoms with Crippen LogP contribution in [0, 0.1) is 11.6 Å². The minimum Gasteiger partial charge on any atom is -0.392 e. The van der Waals surface area contributed by atoms with E-state index in [1.165, 1.54) is 0 Å². The second-order valence-corrected chi connectivity index (χ2v) is 11.9. The van der Waals surface area contributed by atoms with Gasteiger partial charge in [-0.3, -0.25) is 4.72 Å². The van der Waals surface area contributed by atoms with Crippen molar-refractivity contribution in [3.8, 4) is 0 Å². The van der Waals surface area contributed by atoms with E-state index in [1.807, 2.05) is 19.3 Å². The Morgan fingerprint density at radius 3 is 2.37 bits per heavy atom. The third-order valence-electron chi connectivity index (χ3n) is 7.28. The van der Waals surface area contributed by atoms with Crippen LogP contribution in [0.5, 0.6) is 0 Å². The maximum atomic E-state index is 14.9. The third-order valence-corrected chi connectivity index (χ3v) is 8.63. The number of unbranched alkanes of at least 4 members (excludes halogenated alkanes) is 1. The normalized spacial score (nSPS) is 18.9. The molecule has 38 heavy (non-hydrogen) atoms. The molecule has 0 atom stereocenters. The lowest BCUT2D eigenvalue weighted by Crippen LogP contribution is -2.37. The molecule has 0 bridgehead atoms. The SMILES string of the molecule is CCCCS(=O)(=O)Nc1cc(F)c(C2CCC(=NOC3CCN(c4ncc(CC)cn4)CC3)CC2)cc1F. The lowest BCUT2D eigenvalue weighted by molar-refractivity contribution is 0.0406. The largest absolute Gasteiger partial charge is 0.392 e. The summed E-state index contributed by atoms with van der Waals surface area (Å²) in [7, 11) is -3.71. The average molecular weight is 550 g/mol. The number of nitrogens with one attached hydrogen (secondary N) is 1. The summed E-state index contributed by atoms with van der Waals surface area (Å²) in [5, 5.41) is 4.40. The van der Waals surface area contributed by atoms with Crippen LogP contribution >= 0.6 is 0 Å². The van der Waals surface area contributed by atoms with Crippen molar-refractivity contribution in [1.82, 2.24) is 9.97 Å². The van der Waals surface area contributed by atoms with Gasteiger partial charge in [-0.1, -0.05) is 25.4 Å². The summed E-state index contributed by atoms with van der Waals surface area (Å²) in [6.07, 6.45) is 10.1. The minimum absolute atomic E-state index is 0.0339. The highest BCUT2D eigenvalue weighted by molar-refractivity contribution is 7.92. The Morgan fingerprint density at radius 2 is 1.74 bits per heavy atom. The number of halogens is 2. The van der Waals surface area contributed by atoms with Crippen LogP contribution in [0.1, 0.15) is 82.3 Å². The van der Waals surface area contributed by atoms with E-state index >= 15 is 0 Å². The lowest BCUT2D eigenvalue weighted by Gasteiger charge is -2.31. The van der Waals surface area contributed by atoms with Crippen LogP contribution in [0.3, 0.4) is 0 Å². The number of piperidine rings is 1. The summed E-state index contributed by atoms with van der Waals surface area (Å²) in [6.45, 7) is 5.55. The molecule has 0 spiro atoms. The first-order valence-electron chi connectivity index (χ1n) is 13.5. The van der Waals surface area contributed by atoms with E-state index < -0.39 is 21.7 Å². The van der Waals surface area contributed by atoms with Gasteiger partial charge in [0.15, 0.2) is 0 Å². The lowest BCUT2D eigenvalue weighted by atomic mass is 9.83. The molecule has 0 unspecified atom stereocenters. The number of hydrogen-bond acceptors (Lipinski definition) is 7. The van der Waals surface area contributed by atoms with E-state index in [2.05, 4.69) is 31.7 Å². The van der Waals surface area contributed by atoms with E-state index in [1.54, 1.807) is 0 Å².